The zero-order chi connectivity index (χ0) is 14.9. The Balaban J connectivity index is 2.09. The van der Waals surface area contributed by atoms with E-state index in [9.17, 15) is 9.18 Å². The molecular formula is C15H20FNO3. The van der Waals surface area contributed by atoms with E-state index in [2.05, 4.69) is 19.2 Å². The molecule has 2 unspecified atom stereocenters. The van der Waals surface area contributed by atoms with Crippen LogP contribution in [0.2, 0.25) is 0 Å². The lowest BCUT2D eigenvalue weighted by Crippen LogP contribution is -2.58. The molecule has 2 atom stereocenters. The van der Waals surface area contributed by atoms with Crippen molar-refractivity contribution in [3.05, 3.63) is 29.6 Å². The Morgan fingerprint density at radius 3 is 2.80 bits per heavy atom. The number of ether oxygens (including phenoxy) is 1. The summed E-state index contributed by atoms with van der Waals surface area (Å²) in [4.78, 5) is 10.9. The normalized spacial score (nSPS) is 24.0. The number of rotatable bonds is 5. The summed E-state index contributed by atoms with van der Waals surface area (Å²) < 4.78 is 19.0. The molecule has 1 saturated carbocycles. The van der Waals surface area contributed by atoms with Crippen LogP contribution in [0.25, 0.3) is 0 Å². The van der Waals surface area contributed by atoms with Crippen molar-refractivity contribution in [3.63, 3.8) is 0 Å². The van der Waals surface area contributed by atoms with Gasteiger partial charge in [0.2, 0.25) is 0 Å². The van der Waals surface area contributed by atoms with E-state index >= 15 is 0 Å². The summed E-state index contributed by atoms with van der Waals surface area (Å²) in [5, 5.41) is 12.2. The molecule has 20 heavy (non-hydrogen) atoms. The zero-order valence-corrected chi connectivity index (χ0v) is 11.9. The van der Waals surface area contributed by atoms with Crippen LogP contribution in [-0.4, -0.2) is 29.8 Å². The smallest absolute Gasteiger partial charge is 0.338 e. The monoisotopic (exact) mass is 281 g/mol. The molecule has 0 heterocycles. The average molecular weight is 281 g/mol. The Kier molecular flexibility index (Phi) is 3.99. The van der Waals surface area contributed by atoms with Crippen molar-refractivity contribution in [3.8, 4) is 0 Å². The quantitative estimate of drug-likeness (QED) is 0.870. The first kappa shape index (κ1) is 14.8. The molecule has 0 saturated heterocycles. The minimum Gasteiger partial charge on any atom is -0.478 e. The minimum absolute atomic E-state index is 0.0339. The van der Waals surface area contributed by atoms with Gasteiger partial charge in [0.25, 0.3) is 0 Å². The molecule has 0 aromatic heterocycles. The summed E-state index contributed by atoms with van der Waals surface area (Å²) in [5.41, 5.74) is 0.277. The lowest BCUT2D eigenvalue weighted by Gasteiger charge is -2.52. The number of carboxylic acids is 1. The molecule has 0 amide bonds. The van der Waals surface area contributed by atoms with Gasteiger partial charge in [-0.05, 0) is 31.5 Å². The van der Waals surface area contributed by atoms with Crippen LogP contribution in [0.5, 0.6) is 0 Å². The molecule has 1 aliphatic carbocycles. The van der Waals surface area contributed by atoms with Gasteiger partial charge in [-0.1, -0.05) is 13.8 Å². The van der Waals surface area contributed by atoms with Gasteiger partial charge in [0.1, 0.15) is 5.82 Å². The highest BCUT2D eigenvalue weighted by Crippen LogP contribution is 2.44. The van der Waals surface area contributed by atoms with Crippen LogP contribution in [0.3, 0.4) is 0 Å². The SMILES string of the molecule is CCOC1CC(Nc2ccc(F)c(C(=O)O)c2)C1(C)C. The summed E-state index contributed by atoms with van der Waals surface area (Å²) in [7, 11) is 0. The largest absolute Gasteiger partial charge is 0.478 e. The maximum Gasteiger partial charge on any atom is 0.338 e. The minimum atomic E-state index is -1.26. The third-order valence-electron chi connectivity index (χ3n) is 4.08. The Hall–Kier alpha value is -1.62. The van der Waals surface area contributed by atoms with E-state index in [-0.39, 0.29) is 23.1 Å². The van der Waals surface area contributed by atoms with Crippen LogP contribution in [0, 0.1) is 11.2 Å². The molecule has 0 aliphatic heterocycles. The standard InChI is InChI=1S/C15H20FNO3/c1-4-20-13-8-12(15(13,2)3)17-9-5-6-11(16)10(7-9)14(18)19/h5-7,12-13,17H,4,8H2,1-3H3,(H,18,19). The fraction of sp³-hybridized carbons (Fsp3) is 0.533. The van der Waals surface area contributed by atoms with Crippen LogP contribution < -0.4 is 5.32 Å². The van der Waals surface area contributed by atoms with Gasteiger partial charge in [-0.15, -0.1) is 0 Å². The molecule has 5 heteroatoms. The molecule has 1 aromatic carbocycles. The number of carboxylic acid groups (broad SMARTS) is 1. The van der Waals surface area contributed by atoms with Crippen LogP contribution >= 0.6 is 0 Å². The first-order valence-electron chi connectivity index (χ1n) is 6.77. The van der Waals surface area contributed by atoms with Crippen molar-refractivity contribution in [2.45, 2.75) is 39.3 Å². The van der Waals surface area contributed by atoms with Crippen LogP contribution in [0.4, 0.5) is 10.1 Å². The number of nitrogens with one attached hydrogen (secondary N) is 1. The van der Waals surface area contributed by atoms with Crippen LogP contribution in [-0.2, 0) is 4.74 Å². The molecule has 0 spiro atoms. The number of benzene rings is 1. The molecule has 110 valence electrons. The predicted molar refractivity (Wildman–Crippen MR) is 74.6 cm³/mol. The van der Waals surface area contributed by atoms with E-state index in [4.69, 9.17) is 9.84 Å². The molecule has 1 fully saturated rings. The first-order valence-corrected chi connectivity index (χ1v) is 6.77. The van der Waals surface area contributed by atoms with E-state index in [1.807, 2.05) is 6.92 Å². The van der Waals surface area contributed by atoms with Gasteiger partial charge in [-0.25, -0.2) is 9.18 Å². The van der Waals surface area contributed by atoms with Gasteiger partial charge in [-0.3, -0.25) is 0 Å². The molecule has 2 N–H and O–H groups in total. The van der Waals surface area contributed by atoms with E-state index in [0.29, 0.717) is 12.3 Å². The molecule has 2 rings (SSSR count). The van der Waals surface area contributed by atoms with Gasteiger partial charge >= 0.3 is 5.97 Å². The van der Waals surface area contributed by atoms with Gasteiger partial charge in [0, 0.05) is 23.8 Å². The summed E-state index contributed by atoms with van der Waals surface area (Å²) >= 11 is 0. The number of hydrogen-bond acceptors (Lipinski definition) is 3. The molecule has 0 bridgehead atoms. The lowest BCUT2D eigenvalue weighted by molar-refractivity contribution is -0.0975. The van der Waals surface area contributed by atoms with Crippen molar-refractivity contribution < 1.29 is 19.0 Å². The van der Waals surface area contributed by atoms with E-state index in [1.165, 1.54) is 12.1 Å². The number of aromatic carboxylic acids is 1. The Morgan fingerprint density at radius 2 is 2.25 bits per heavy atom. The fourth-order valence-corrected chi connectivity index (χ4v) is 2.59. The van der Waals surface area contributed by atoms with E-state index in [0.717, 1.165) is 6.42 Å². The molecule has 4 nitrogen and oxygen atoms in total. The third kappa shape index (κ3) is 2.63. The highest BCUT2D eigenvalue weighted by atomic mass is 19.1. The Morgan fingerprint density at radius 1 is 1.55 bits per heavy atom. The Labute approximate surface area is 117 Å². The maximum atomic E-state index is 13.3. The highest BCUT2D eigenvalue weighted by molar-refractivity contribution is 5.89. The van der Waals surface area contributed by atoms with Crippen molar-refractivity contribution >= 4 is 11.7 Å². The number of carbonyl (C=O) groups is 1. The van der Waals surface area contributed by atoms with E-state index in [1.54, 1.807) is 6.07 Å². The summed E-state index contributed by atoms with van der Waals surface area (Å²) in [6.07, 6.45) is 1.06. The second kappa shape index (κ2) is 5.40. The average Bonchev–Trinajstić information content (AvgIpc) is 2.39. The van der Waals surface area contributed by atoms with Gasteiger partial charge in [-0.2, -0.15) is 0 Å². The van der Waals surface area contributed by atoms with Gasteiger partial charge in [0.05, 0.1) is 11.7 Å². The number of halogens is 1. The molecule has 1 aliphatic rings. The maximum absolute atomic E-state index is 13.3. The second-order valence-corrected chi connectivity index (χ2v) is 5.70. The van der Waals surface area contributed by atoms with Crippen LogP contribution in [0.15, 0.2) is 18.2 Å². The molecule has 1 aromatic rings. The molecular weight excluding hydrogens is 261 g/mol. The summed E-state index contributed by atoms with van der Waals surface area (Å²) in [5.74, 6) is -1.98. The van der Waals surface area contributed by atoms with Gasteiger partial charge in [0.15, 0.2) is 0 Å². The third-order valence-corrected chi connectivity index (χ3v) is 4.08. The highest BCUT2D eigenvalue weighted by Gasteiger charge is 2.48. The van der Waals surface area contributed by atoms with Crippen molar-refractivity contribution in [1.82, 2.24) is 0 Å². The van der Waals surface area contributed by atoms with E-state index < -0.39 is 11.8 Å². The van der Waals surface area contributed by atoms with Gasteiger partial charge < -0.3 is 15.2 Å². The summed E-state index contributed by atoms with van der Waals surface area (Å²) in [6, 6.07) is 4.26. The second-order valence-electron chi connectivity index (χ2n) is 5.70. The Bertz CT molecular complexity index is 516. The van der Waals surface area contributed by atoms with Crippen molar-refractivity contribution in [2.75, 3.05) is 11.9 Å². The zero-order valence-electron chi connectivity index (χ0n) is 11.9. The summed E-state index contributed by atoms with van der Waals surface area (Å²) in [6.45, 7) is 6.86. The topological polar surface area (TPSA) is 58.6 Å². The van der Waals surface area contributed by atoms with Crippen molar-refractivity contribution in [2.24, 2.45) is 5.41 Å². The van der Waals surface area contributed by atoms with Crippen molar-refractivity contribution in [1.29, 1.82) is 0 Å². The number of anilines is 1. The van der Waals surface area contributed by atoms with Crippen LogP contribution in [0.1, 0.15) is 37.6 Å². The molecule has 0 radical (unpaired) electrons. The number of hydrogen-bond donors (Lipinski definition) is 2. The first-order chi connectivity index (χ1) is 9.36. The fourth-order valence-electron chi connectivity index (χ4n) is 2.59. The lowest BCUT2D eigenvalue weighted by atomic mass is 9.64. The predicted octanol–water partition coefficient (Wildman–Crippen LogP) is 3.14.